The zero-order chi connectivity index (χ0) is 12.3. The van der Waals surface area contributed by atoms with Crippen LogP contribution in [0.5, 0.6) is 0 Å². The van der Waals surface area contributed by atoms with Gasteiger partial charge in [0, 0.05) is 30.2 Å². The van der Waals surface area contributed by atoms with Crippen molar-refractivity contribution in [2.45, 2.75) is 6.92 Å². The van der Waals surface area contributed by atoms with Crippen molar-refractivity contribution < 1.29 is 4.39 Å². The van der Waals surface area contributed by atoms with E-state index in [2.05, 4.69) is 20.9 Å². The summed E-state index contributed by atoms with van der Waals surface area (Å²) >= 11 is 8.03. The lowest BCUT2D eigenvalue weighted by Gasteiger charge is -2.22. The van der Waals surface area contributed by atoms with Crippen molar-refractivity contribution in [3.8, 4) is 0 Å². The summed E-state index contributed by atoms with van der Waals surface area (Å²) in [5.74, 6) is -0.0526. The van der Waals surface area contributed by atoms with Crippen LogP contribution in [-0.4, -0.2) is 23.6 Å². The Labute approximate surface area is 108 Å². The fourth-order valence-corrected chi connectivity index (χ4v) is 1.65. The predicted octanol–water partition coefficient (Wildman–Crippen LogP) is 2.34. The zero-order valence-corrected chi connectivity index (χ0v) is 11.5. The van der Waals surface area contributed by atoms with Gasteiger partial charge in [-0.1, -0.05) is 19.1 Å². The molecular weight excluding hydrogens is 293 g/mol. The second-order valence-corrected chi connectivity index (χ2v) is 5.03. The molecule has 1 rings (SSSR count). The lowest BCUT2D eigenvalue weighted by Crippen LogP contribution is -2.32. The Bertz CT molecular complexity index is 400. The number of hydrogen-bond donors (Lipinski definition) is 1. The molecule has 1 atom stereocenters. The SMILES string of the molecule is CC(CN(C)c1ncc(Br)cc1F)C(N)=S. The third-order valence-electron chi connectivity index (χ3n) is 2.18. The molecule has 0 saturated heterocycles. The molecule has 0 saturated carbocycles. The standard InChI is InChI=1S/C10H13BrFN3S/c1-6(9(13)16)5-15(2)10-8(12)3-7(11)4-14-10/h3-4,6H,5H2,1-2H3,(H2,13,16). The summed E-state index contributed by atoms with van der Waals surface area (Å²) in [7, 11) is 1.76. The molecule has 88 valence electrons. The molecule has 0 aliphatic heterocycles. The second kappa shape index (κ2) is 5.54. The van der Waals surface area contributed by atoms with E-state index in [0.717, 1.165) is 0 Å². The average molecular weight is 306 g/mol. The highest BCUT2D eigenvalue weighted by atomic mass is 79.9. The number of rotatable bonds is 4. The first kappa shape index (κ1) is 13.3. The zero-order valence-electron chi connectivity index (χ0n) is 9.08. The minimum atomic E-state index is -0.369. The fourth-order valence-electron chi connectivity index (χ4n) is 1.28. The van der Waals surface area contributed by atoms with Gasteiger partial charge in [-0.15, -0.1) is 0 Å². The number of hydrogen-bond acceptors (Lipinski definition) is 3. The normalized spacial score (nSPS) is 12.2. The Kier molecular flexibility index (Phi) is 4.61. The van der Waals surface area contributed by atoms with Gasteiger partial charge in [-0.3, -0.25) is 0 Å². The molecule has 0 fully saturated rings. The number of nitrogens with zero attached hydrogens (tertiary/aromatic N) is 2. The second-order valence-electron chi connectivity index (χ2n) is 3.64. The van der Waals surface area contributed by atoms with Crippen LogP contribution >= 0.6 is 28.1 Å². The number of nitrogens with two attached hydrogens (primary N) is 1. The van der Waals surface area contributed by atoms with E-state index in [4.69, 9.17) is 18.0 Å². The molecule has 0 radical (unpaired) electrons. The maximum absolute atomic E-state index is 13.6. The van der Waals surface area contributed by atoms with E-state index < -0.39 is 0 Å². The molecule has 3 nitrogen and oxygen atoms in total. The first-order chi connectivity index (χ1) is 7.41. The van der Waals surface area contributed by atoms with Crippen LogP contribution < -0.4 is 10.6 Å². The molecule has 1 aromatic rings. The van der Waals surface area contributed by atoms with Gasteiger partial charge in [0.1, 0.15) is 0 Å². The van der Waals surface area contributed by atoms with Crippen molar-refractivity contribution in [3.05, 3.63) is 22.6 Å². The first-order valence-corrected chi connectivity index (χ1v) is 5.93. The van der Waals surface area contributed by atoms with E-state index in [1.54, 1.807) is 18.1 Å². The van der Waals surface area contributed by atoms with Crippen LogP contribution in [0.4, 0.5) is 10.2 Å². The van der Waals surface area contributed by atoms with Crippen LogP contribution in [0.15, 0.2) is 16.7 Å². The van der Waals surface area contributed by atoms with Crippen LogP contribution in [0.3, 0.4) is 0 Å². The highest BCUT2D eigenvalue weighted by Crippen LogP contribution is 2.19. The maximum Gasteiger partial charge on any atom is 0.166 e. The van der Waals surface area contributed by atoms with Gasteiger partial charge in [-0.25, -0.2) is 9.37 Å². The molecule has 1 heterocycles. The summed E-state index contributed by atoms with van der Waals surface area (Å²) in [5, 5.41) is 0. The van der Waals surface area contributed by atoms with Gasteiger partial charge < -0.3 is 10.6 Å². The molecule has 1 aromatic heterocycles. The van der Waals surface area contributed by atoms with E-state index >= 15 is 0 Å². The summed E-state index contributed by atoms with van der Waals surface area (Å²) in [4.78, 5) is 6.13. The van der Waals surface area contributed by atoms with Gasteiger partial charge in [-0.05, 0) is 22.0 Å². The summed E-state index contributed by atoms with van der Waals surface area (Å²) in [5.41, 5.74) is 5.51. The number of halogens is 2. The Morgan fingerprint density at radius 1 is 1.75 bits per heavy atom. The molecule has 6 heteroatoms. The molecule has 0 bridgehead atoms. The van der Waals surface area contributed by atoms with Crippen molar-refractivity contribution in [1.29, 1.82) is 0 Å². The first-order valence-electron chi connectivity index (χ1n) is 4.73. The van der Waals surface area contributed by atoms with Crippen molar-refractivity contribution in [2.75, 3.05) is 18.5 Å². The van der Waals surface area contributed by atoms with Gasteiger partial charge in [0.25, 0.3) is 0 Å². The van der Waals surface area contributed by atoms with Gasteiger partial charge in [0.15, 0.2) is 11.6 Å². The van der Waals surface area contributed by atoms with E-state index in [1.807, 2.05) is 6.92 Å². The van der Waals surface area contributed by atoms with Gasteiger partial charge in [-0.2, -0.15) is 0 Å². The van der Waals surface area contributed by atoms with Crippen molar-refractivity contribution in [3.63, 3.8) is 0 Å². The van der Waals surface area contributed by atoms with Crippen molar-refractivity contribution in [1.82, 2.24) is 4.98 Å². The molecule has 2 N–H and O–H groups in total. The average Bonchev–Trinajstić information content (AvgIpc) is 2.16. The molecule has 1 unspecified atom stereocenters. The summed E-state index contributed by atoms with van der Waals surface area (Å²) in [6, 6.07) is 1.38. The molecule has 0 amide bonds. The third-order valence-corrected chi connectivity index (χ3v) is 3.02. The maximum atomic E-state index is 13.6. The number of pyridine rings is 1. The van der Waals surface area contributed by atoms with Crippen LogP contribution in [0.25, 0.3) is 0 Å². The van der Waals surface area contributed by atoms with E-state index in [-0.39, 0.29) is 11.7 Å². The summed E-state index contributed by atoms with van der Waals surface area (Å²) < 4.78 is 14.2. The lowest BCUT2D eigenvalue weighted by molar-refractivity contribution is 0.608. The van der Waals surface area contributed by atoms with Gasteiger partial charge >= 0.3 is 0 Å². The fraction of sp³-hybridized carbons (Fsp3) is 0.400. The highest BCUT2D eigenvalue weighted by Gasteiger charge is 2.14. The van der Waals surface area contributed by atoms with Crippen molar-refractivity contribution in [2.24, 2.45) is 11.7 Å². The van der Waals surface area contributed by atoms with Gasteiger partial charge in [0.2, 0.25) is 0 Å². The number of thiocarbonyl (C=S) groups is 1. The highest BCUT2D eigenvalue weighted by molar-refractivity contribution is 9.10. The monoisotopic (exact) mass is 305 g/mol. The third kappa shape index (κ3) is 3.38. The Morgan fingerprint density at radius 2 is 2.38 bits per heavy atom. The quantitative estimate of drug-likeness (QED) is 0.867. The van der Waals surface area contributed by atoms with Crippen molar-refractivity contribution >= 4 is 39.0 Å². The molecule has 0 aromatic carbocycles. The largest absolute Gasteiger partial charge is 0.393 e. The predicted molar refractivity (Wildman–Crippen MR) is 71.1 cm³/mol. The topological polar surface area (TPSA) is 42.2 Å². The van der Waals surface area contributed by atoms with E-state index in [1.165, 1.54) is 6.07 Å². The molecule has 0 spiro atoms. The summed E-state index contributed by atoms with van der Waals surface area (Å²) in [6.45, 7) is 2.44. The molecule has 0 aliphatic rings. The molecule has 0 aliphatic carbocycles. The minimum absolute atomic E-state index is 0.0184. The lowest BCUT2D eigenvalue weighted by atomic mass is 10.2. The van der Waals surface area contributed by atoms with Gasteiger partial charge in [0.05, 0.1) is 4.99 Å². The Hall–Kier alpha value is -0.750. The van der Waals surface area contributed by atoms with Crippen LogP contribution in [0.2, 0.25) is 0 Å². The molecular formula is C10H13BrFN3S. The smallest absolute Gasteiger partial charge is 0.166 e. The Balaban J connectivity index is 2.80. The Morgan fingerprint density at radius 3 is 2.88 bits per heavy atom. The van der Waals surface area contributed by atoms with E-state index in [0.29, 0.717) is 21.8 Å². The van der Waals surface area contributed by atoms with Crippen LogP contribution in [-0.2, 0) is 0 Å². The van der Waals surface area contributed by atoms with E-state index in [9.17, 15) is 4.39 Å². The molecule has 16 heavy (non-hydrogen) atoms. The number of anilines is 1. The minimum Gasteiger partial charge on any atom is -0.393 e. The van der Waals surface area contributed by atoms with Crippen LogP contribution in [0, 0.1) is 11.7 Å². The number of aromatic nitrogens is 1. The summed E-state index contributed by atoms with van der Waals surface area (Å²) in [6.07, 6.45) is 1.56. The van der Waals surface area contributed by atoms with Crippen LogP contribution in [0.1, 0.15) is 6.92 Å².